The molecule has 10 heavy (non-hydrogen) atoms. The maximum Gasteiger partial charge on any atom is 0.197 e. The highest BCUT2D eigenvalue weighted by molar-refractivity contribution is 5.81. The van der Waals surface area contributed by atoms with E-state index in [1.54, 1.807) is 0 Å². The first-order valence-corrected chi connectivity index (χ1v) is 2.68. The number of hydrogen-bond acceptors (Lipinski definition) is 6. The molecule has 0 saturated carbocycles. The summed E-state index contributed by atoms with van der Waals surface area (Å²) in [4.78, 5) is 3.65. The van der Waals surface area contributed by atoms with E-state index in [0.29, 0.717) is 5.82 Å². The predicted molar refractivity (Wildman–Crippen MR) is 38.1 cm³/mol. The number of rotatable bonds is 0. The molecular weight excluding hydrogens is 132 g/mol. The molecule has 0 fully saturated rings. The second-order valence-electron chi connectivity index (χ2n) is 2.11. The van der Waals surface area contributed by atoms with E-state index in [0.717, 1.165) is 0 Å². The van der Waals surface area contributed by atoms with Crippen LogP contribution in [0, 0.1) is 0 Å². The molecule has 0 radical (unpaired) electrons. The van der Waals surface area contributed by atoms with Gasteiger partial charge in [0.1, 0.15) is 5.82 Å². The molecule has 0 bridgehead atoms. The highest BCUT2D eigenvalue weighted by Gasteiger charge is 2.19. The Kier molecular flexibility index (Phi) is 1.27. The van der Waals surface area contributed by atoms with Crippen molar-refractivity contribution in [3.63, 3.8) is 0 Å². The van der Waals surface area contributed by atoms with Crippen LogP contribution < -0.4 is 28.3 Å². The summed E-state index contributed by atoms with van der Waals surface area (Å²) in [5, 5.41) is 2.54. The van der Waals surface area contributed by atoms with Gasteiger partial charge in [-0.1, -0.05) is 0 Å². The molecule has 1 aliphatic rings. The van der Waals surface area contributed by atoms with Gasteiger partial charge in [0, 0.05) is 6.08 Å². The third kappa shape index (κ3) is 1.36. The molecule has 9 N–H and O–H groups in total. The van der Waals surface area contributed by atoms with E-state index in [1.165, 1.54) is 6.08 Å². The van der Waals surface area contributed by atoms with E-state index in [-0.39, 0.29) is 5.96 Å². The van der Waals surface area contributed by atoms with E-state index in [2.05, 4.69) is 10.3 Å². The van der Waals surface area contributed by atoms with Crippen LogP contribution >= 0.6 is 0 Å². The maximum atomic E-state index is 5.37. The molecule has 0 unspecified atom stereocenters. The van der Waals surface area contributed by atoms with E-state index in [9.17, 15) is 0 Å². The zero-order valence-corrected chi connectivity index (χ0v) is 5.33. The van der Waals surface area contributed by atoms with Crippen LogP contribution in [0.15, 0.2) is 16.9 Å². The van der Waals surface area contributed by atoms with Gasteiger partial charge >= 0.3 is 0 Å². The molecule has 0 aromatic carbocycles. The third-order valence-corrected chi connectivity index (χ3v) is 0.973. The van der Waals surface area contributed by atoms with Crippen molar-refractivity contribution in [3.05, 3.63) is 11.9 Å². The predicted octanol–water partition coefficient (Wildman–Crippen LogP) is -2.72. The van der Waals surface area contributed by atoms with Gasteiger partial charge in [-0.15, -0.1) is 0 Å². The molecule has 0 amide bonds. The fraction of sp³-hybridized carbons (Fsp3) is 0.250. The summed E-state index contributed by atoms with van der Waals surface area (Å²) in [7, 11) is 0. The number of hydrogen-bond donors (Lipinski definition) is 5. The van der Waals surface area contributed by atoms with Gasteiger partial charge in [0.05, 0.1) is 0 Å². The molecule has 56 valence electrons. The Bertz CT molecular complexity index is 182. The van der Waals surface area contributed by atoms with Crippen molar-refractivity contribution in [3.8, 4) is 0 Å². The summed E-state index contributed by atoms with van der Waals surface area (Å²) in [5.74, 6) is -0.818. The van der Waals surface area contributed by atoms with Crippen LogP contribution in [0.5, 0.6) is 0 Å². The van der Waals surface area contributed by atoms with Gasteiger partial charge in [-0.25, -0.2) is 4.99 Å². The third-order valence-electron chi connectivity index (χ3n) is 0.973. The molecule has 6 nitrogen and oxygen atoms in total. The molecule has 1 aliphatic heterocycles. The number of nitrogens with two attached hydrogens (primary N) is 4. The van der Waals surface area contributed by atoms with Crippen LogP contribution in [0.2, 0.25) is 0 Å². The zero-order chi connectivity index (χ0) is 7.78. The number of guanidine groups is 1. The molecule has 6 heteroatoms. The van der Waals surface area contributed by atoms with Crippen molar-refractivity contribution >= 4 is 5.96 Å². The number of nitrogens with zero attached hydrogens (tertiary/aromatic N) is 1. The first-order chi connectivity index (χ1) is 4.49. The van der Waals surface area contributed by atoms with E-state index >= 15 is 0 Å². The Labute approximate surface area is 57.9 Å². The summed E-state index contributed by atoms with van der Waals surface area (Å²) in [5.41, 5.74) is 21.3. The lowest BCUT2D eigenvalue weighted by Crippen LogP contribution is -2.53. The van der Waals surface area contributed by atoms with Crippen LogP contribution in [0.1, 0.15) is 0 Å². The van der Waals surface area contributed by atoms with Crippen molar-refractivity contribution < 1.29 is 0 Å². The molecule has 0 aliphatic carbocycles. The monoisotopic (exact) mass is 142 g/mol. The highest BCUT2D eigenvalue weighted by Crippen LogP contribution is 2.00. The van der Waals surface area contributed by atoms with Gasteiger partial charge in [0.2, 0.25) is 0 Å². The molecule has 0 aromatic rings. The maximum absolute atomic E-state index is 5.37. The number of aliphatic imine (C=N–C) groups is 1. The van der Waals surface area contributed by atoms with Crippen LogP contribution in [0.4, 0.5) is 0 Å². The van der Waals surface area contributed by atoms with Gasteiger partial charge in [-0.05, 0) is 0 Å². The zero-order valence-electron chi connectivity index (χ0n) is 5.33. The van der Waals surface area contributed by atoms with Crippen LogP contribution in [0.3, 0.4) is 0 Å². The summed E-state index contributed by atoms with van der Waals surface area (Å²) in [6.45, 7) is 0. The highest BCUT2D eigenvalue weighted by atomic mass is 15.3. The van der Waals surface area contributed by atoms with Crippen molar-refractivity contribution in [2.45, 2.75) is 5.79 Å². The lowest BCUT2D eigenvalue weighted by Gasteiger charge is -2.22. The smallest absolute Gasteiger partial charge is 0.197 e. The van der Waals surface area contributed by atoms with Gasteiger partial charge in [-0.3, -0.25) is 11.5 Å². The fourth-order valence-corrected chi connectivity index (χ4v) is 0.702. The van der Waals surface area contributed by atoms with Crippen LogP contribution in [-0.2, 0) is 0 Å². The molecule has 1 rings (SSSR count). The van der Waals surface area contributed by atoms with E-state index < -0.39 is 5.79 Å². The van der Waals surface area contributed by atoms with Gasteiger partial charge in [0.25, 0.3) is 0 Å². The Hall–Kier alpha value is -1.27. The summed E-state index contributed by atoms with van der Waals surface area (Å²) in [6.07, 6.45) is 1.38. The van der Waals surface area contributed by atoms with Crippen LogP contribution in [0.25, 0.3) is 0 Å². The lowest BCUT2D eigenvalue weighted by molar-refractivity contribution is 0.563. The molecule has 1 heterocycles. The minimum Gasteiger partial charge on any atom is -0.385 e. The van der Waals surface area contributed by atoms with Gasteiger partial charge in [0.15, 0.2) is 11.7 Å². The SMILES string of the molecule is NC1=CC(N)(N)N=C(N)N1. The molecule has 0 aromatic heterocycles. The molecule has 0 saturated heterocycles. The largest absolute Gasteiger partial charge is 0.385 e. The molecule has 0 spiro atoms. The minimum absolute atomic E-state index is 0.130. The topological polar surface area (TPSA) is 128 Å². The first kappa shape index (κ1) is 6.84. The Morgan fingerprint density at radius 2 is 2.00 bits per heavy atom. The van der Waals surface area contributed by atoms with Crippen molar-refractivity contribution in [2.24, 2.45) is 27.9 Å². The summed E-state index contributed by atoms with van der Waals surface area (Å²) >= 11 is 0. The summed E-state index contributed by atoms with van der Waals surface area (Å²) in [6, 6.07) is 0. The average Bonchev–Trinajstić information content (AvgIpc) is 1.54. The van der Waals surface area contributed by atoms with Crippen LogP contribution in [-0.4, -0.2) is 11.7 Å². The summed E-state index contributed by atoms with van der Waals surface area (Å²) < 4.78 is 0. The van der Waals surface area contributed by atoms with Crippen molar-refractivity contribution in [1.82, 2.24) is 5.32 Å². The normalized spacial score (nSPS) is 22.6. The first-order valence-electron chi connectivity index (χ1n) is 2.68. The average molecular weight is 142 g/mol. The van der Waals surface area contributed by atoms with Crippen molar-refractivity contribution in [2.75, 3.05) is 0 Å². The standard InChI is InChI=1S/C4H10N6/c5-2-1-4(7,8)10-3(6)9-2/h1H,5,7-8H2,(H3,6,9,10). The lowest BCUT2D eigenvalue weighted by atomic mass is 10.3. The van der Waals surface area contributed by atoms with E-state index in [1.807, 2.05) is 0 Å². The van der Waals surface area contributed by atoms with Gasteiger partial charge in [-0.2, -0.15) is 0 Å². The molecular formula is C4H10N6. The second kappa shape index (κ2) is 1.86. The number of nitrogens with one attached hydrogen (secondary N) is 1. The van der Waals surface area contributed by atoms with E-state index in [4.69, 9.17) is 22.9 Å². The van der Waals surface area contributed by atoms with Crippen molar-refractivity contribution in [1.29, 1.82) is 0 Å². The van der Waals surface area contributed by atoms with Gasteiger partial charge < -0.3 is 16.8 Å². The second-order valence-corrected chi connectivity index (χ2v) is 2.11. The molecule has 0 atom stereocenters. The Morgan fingerprint density at radius 1 is 1.40 bits per heavy atom. The fourth-order valence-electron chi connectivity index (χ4n) is 0.702. The Balaban J connectivity index is 2.88. The quantitative estimate of drug-likeness (QED) is 0.235. The Morgan fingerprint density at radius 3 is 2.40 bits per heavy atom. The minimum atomic E-state index is -1.26.